The van der Waals surface area contributed by atoms with Crippen LogP contribution in [0.1, 0.15) is 25.8 Å². The van der Waals surface area contributed by atoms with Crippen LogP contribution in [-0.4, -0.2) is 16.1 Å². The molecule has 1 aromatic carbocycles. The van der Waals surface area contributed by atoms with Crippen LogP contribution in [0.2, 0.25) is 0 Å². The number of aryl methyl sites for hydroxylation is 1. The Kier molecular flexibility index (Phi) is 3.01. The molecule has 0 amide bonds. The fourth-order valence-electron chi connectivity index (χ4n) is 1.42. The normalized spacial score (nSPS) is 10.3. The van der Waals surface area contributed by atoms with Crippen molar-refractivity contribution in [2.24, 2.45) is 0 Å². The maximum atomic E-state index is 10.7. The van der Waals surface area contributed by atoms with Crippen molar-refractivity contribution in [2.75, 3.05) is 0 Å². The highest BCUT2D eigenvalue weighted by molar-refractivity contribution is 7.11. The molecule has 0 aliphatic rings. The van der Waals surface area contributed by atoms with Crippen LogP contribution in [0.5, 0.6) is 0 Å². The Labute approximate surface area is 97.4 Å². The van der Waals surface area contributed by atoms with Gasteiger partial charge in [0.05, 0.1) is 10.6 Å². The SMILES string of the molecule is Cc1cnc(Cc2ccc(C(=O)O)cc2)s1. The molecule has 0 aliphatic carbocycles. The average Bonchev–Trinajstić information content (AvgIpc) is 2.65. The van der Waals surface area contributed by atoms with Crippen LogP contribution in [0.3, 0.4) is 0 Å². The van der Waals surface area contributed by atoms with Crippen LogP contribution in [0.15, 0.2) is 30.5 Å². The Balaban J connectivity index is 2.14. The molecule has 82 valence electrons. The molecule has 2 aromatic rings. The van der Waals surface area contributed by atoms with Gasteiger partial charge in [-0.2, -0.15) is 0 Å². The van der Waals surface area contributed by atoms with Crippen LogP contribution < -0.4 is 0 Å². The standard InChI is InChI=1S/C12H11NO2S/c1-8-7-13-11(16-8)6-9-2-4-10(5-3-9)12(14)15/h2-5,7H,6H2,1H3,(H,14,15). The van der Waals surface area contributed by atoms with Gasteiger partial charge in [0.1, 0.15) is 0 Å². The van der Waals surface area contributed by atoms with Crippen molar-refractivity contribution in [1.82, 2.24) is 4.98 Å². The van der Waals surface area contributed by atoms with Gasteiger partial charge in [0.2, 0.25) is 0 Å². The molecule has 2 rings (SSSR count). The zero-order valence-electron chi connectivity index (χ0n) is 8.80. The van der Waals surface area contributed by atoms with E-state index >= 15 is 0 Å². The molecule has 1 N–H and O–H groups in total. The monoisotopic (exact) mass is 233 g/mol. The lowest BCUT2D eigenvalue weighted by atomic mass is 10.1. The largest absolute Gasteiger partial charge is 0.478 e. The number of hydrogen-bond donors (Lipinski definition) is 1. The molecule has 0 aliphatic heterocycles. The van der Waals surface area contributed by atoms with Gasteiger partial charge >= 0.3 is 5.97 Å². The van der Waals surface area contributed by atoms with Crippen molar-refractivity contribution in [3.63, 3.8) is 0 Å². The third kappa shape index (κ3) is 2.46. The van der Waals surface area contributed by atoms with E-state index in [0.717, 1.165) is 17.0 Å². The lowest BCUT2D eigenvalue weighted by molar-refractivity contribution is 0.0697. The van der Waals surface area contributed by atoms with E-state index in [0.29, 0.717) is 5.56 Å². The molecule has 3 nitrogen and oxygen atoms in total. The van der Waals surface area contributed by atoms with Gasteiger partial charge in [-0.15, -0.1) is 11.3 Å². The number of carboxylic acids is 1. The van der Waals surface area contributed by atoms with Gasteiger partial charge < -0.3 is 5.11 Å². The van der Waals surface area contributed by atoms with Crippen LogP contribution in [0.25, 0.3) is 0 Å². The van der Waals surface area contributed by atoms with E-state index in [9.17, 15) is 4.79 Å². The summed E-state index contributed by atoms with van der Waals surface area (Å²) in [6, 6.07) is 6.91. The Bertz CT molecular complexity index is 502. The third-order valence-corrected chi connectivity index (χ3v) is 3.14. The Morgan fingerprint density at radius 3 is 2.56 bits per heavy atom. The number of aromatic carboxylic acids is 1. The molecule has 0 saturated heterocycles. The fraction of sp³-hybridized carbons (Fsp3) is 0.167. The first-order valence-electron chi connectivity index (χ1n) is 4.88. The van der Waals surface area contributed by atoms with E-state index in [-0.39, 0.29) is 0 Å². The maximum Gasteiger partial charge on any atom is 0.335 e. The minimum absolute atomic E-state index is 0.319. The minimum Gasteiger partial charge on any atom is -0.478 e. The van der Waals surface area contributed by atoms with Gasteiger partial charge in [-0.05, 0) is 24.6 Å². The summed E-state index contributed by atoms with van der Waals surface area (Å²) in [5, 5.41) is 9.81. The van der Waals surface area contributed by atoms with Gasteiger partial charge in [0.15, 0.2) is 0 Å². The summed E-state index contributed by atoms with van der Waals surface area (Å²) in [5.41, 5.74) is 1.40. The Morgan fingerprint density at radius 1 is 1.38 bits per heavy atom. The predicted octanol–water partition coefficient (Wildman–Crippen LogP) is 2.74. The Morgan fingerprint density at radius 2 is 2.06 bits per heavy atom. The summed E-state index contributed by atoms with van der Waals surface area (Å²) in [4.78, 5) is 16.1. The molecule has 4 heteroatoms. The zero-order chi connectivity index (χ0) is 11.5. The highest BCUT2D eigenvalue weighted by Gasteiger charge is 2.04. The summed E-state index contributed by atoms with van der Waals surface area (Å²) >= 11 is 1.67. The summed E-state index contributed by atoms with van der Waals surface area (Å²) in [6.07, 6.45) is 2.62. The first-order valence-corrected chi connectivity index (χ1v) is 5.70. The molecule has 1 aromatic heterocycles. The van der Waals surface area contributed by atoms with Crippen molar-refractivity contribution in [1.29, 1.82) is 0 Å². The second kappa shape index (κ2) is 4.45. The van der Waals surface area contributed by atoms with E-state index in [1.807, 2.05) is 25.3 Å². The Hall–Kier alpha value is -1.68. The molecular formula is C12H11NO2S. The number of carboxylic acid groups (broad SMARTS) is 1. The van der Waals surface area contributed by atoms with E-state index in [4.69, 9.17) is 5.11 Å². The molecule has 0 spiro atoms. The zero-order valence-corrected chi connectivity index (χ0v) is 9.62. The average molecular weight is 233 g/mol. The third-order valence-electron chi connectivity index (χ3n) is 2.23. The second-order valence-electron chi connectivity index (χ2n) is 3.54. The highest BCUT2D eigenvalue weighted by atomic mass is 32.1. The van der Waals surface area contributed by atoms with E-state index in [1.54, 1.807) is 23.5 Å². The smallest absolute Gasteiger partial charge is 0.335 e. The van der Waals surface area contributed by atoms with Crippen LogP contribution in [-0.2, 0) is 6.42 Å². The van der Waals surface area contributed by atoms with E-state index in [1.165, 1.54) is 4.88 Å². The van der Waals surface area contributed by atoms with E-state index in [2.05, 4.69) is 4.98 Å². The molecule has 0 fully saturated rings. The minimum atomic E-state index is -0.892. The van der Waals surface area contributed by atoms with Crippen molar-refractivity contribution >= 4 is 17.3 Å². The topological polar surface area (TPSA) is 50.2 Å². The number of aromatic nitrogens is 1. The maximum absolute atomic E-state index is 10.7. The lowest BCUT2D eigenvalue weighted by Gasteiger charge is -1.99. The first-order chi connectivity index (χ1) is 7.65. The quantitative estimate of drug-likeness (QED) is 0.886. The molecule has 1 heterocycles. The van der Waals surface area contributed by atoms with Gasteiger partial charge in [-0.3, -0.25) is 0 Å². The molecule has 0 bridgehead atoms. The molecular weight excluding hydrogens is 222 g/mol. The van der Waals surface area contributed by atoms with Crippen LogP contribution >= 0.6 is 11.3 Å². The predicted molar refractivity (Wildman–Crippen MR) is 63.1 cm³/mol. The number of thiazole rings is 1. The second-order valence-corrected chi connectivity index (χ2v) is 4.86. The lowest BCUT2D eigenvalue weighted by Crippen LogP contribution is -1.96. The number of carbonyl (C=O) groups is 1. The van der Waals surface area contributed by atoms with Gasteiger partial charge in [0, 0.05) is 17.5 Å². The number of nitrogens with zero attached hydrogens (tertiary/aromatic N) is 1. The summed E-state index contributed by atoms with van der Waals surface area (Å²) in [7, 11) is 0. The van der Waals surface area contributed by atoms with Crippen molar-refractivity contribution in [3.8, 4) is 0 Å². The van der Waals surface area contributed by atoms with Crippen molar-refractivity contribution in [2.45, 2.75) is 13.3 Å². The fourth-order valence-corrected chi connectivity index (χ4v) is 2.24. The summed E-state index contributed by atoms with van der Waals surface area (Å²) in [5.74, 6) is -0.892. The summed E-state index contributed by atoms with van der Waals surface area (Å²) < 4.78 is 0. The van der Waals surface area contributed by atoms with Crippen LogP contribution in [0, 0.1) is 6.92 Å². The van der Waals surface area contributed by atoms with Gasteiger partial charge in [-0.25, -0.2) is 9.78 Å². The molecule has 0 unspecified atom stereocenters. The van der Waals surface area contributed by atoms with Crippen molar-refractivity contribution in [3.05, 3.63) is 51.5 Å². The highest BCUT2D eigenvalue weighted by Crippen LogP contribution is 2.16. The summed E-state index contributed by atoms with van der Waals surface area (Å²) in [6.45, 7) is 2.02. The molecule has 0 saturated carbocycles. The molecule has 0 radical (unpaired) electrons. The number of rotatable bonds is 3. The number of benzene rings is 1. The molecule has 0 atom stereocenters. The van der Waals surface area contributed by atoms with E-state index < -0.39 is 5.97 Å². The first kappa shape index (κ1) is 10.8. The number of hydrogen-bond acceptors (Lipinski definition) is 3. The van der Waals surface area contributed by atoms with Gasteiger partial charge in [0.25, 0.3) is 0 Å². The van der Waals surface area contributed by atoms with Crippen LogP contribution in [0.4, 0.5) is 0 Å². The van der Waals surface area contributed by atoms with Crippen molar-refractivity contribution < 1.29 is 9.90 Å². The molecule has 16 heavy (non-hydrogen) atoms. The van der Waals surface area contributed by atoms with Gasteiger partial charge in [-0.1, -0.05) is 12.1 Å².